The molecule has 1 atom stereocenters. The highest BCUT2D eigenvalue weighted by molar-refractivity contribution is 7.13. The number of halogens is 3. The fraction of sp³-hybridized carbons (Fsp3) is 0.400. The van der Waals surface area contributed by atoms with Gasteiger partial charge in [-0.15, -0.1) is 11.3 Å². The fourth-order valence-corrected chi connectivity index (χ4v) is 4.28. The topological polar surface area (TPSA) is 63.9 Å². The van der Waals surface area contributed by atoms with Gasteiger partial charge in [-0.1, -0.05) is 6.07 Å². The van der Waals surface area contributed by atoms with Crippen molar-refractivity contribution in [2.24, 2.45) is 7.05 Å². The van der Waals surface area contributed by atoms with Crippen molar-refractivity contribution in [2.75, 3.05) is 13.1 Å². The minimum absolute atomic E-state index is 0.133. The molecule has 4 rings (SSSR count). The molecule has 0 radical (unpaired) electrons. The maximum Gasteiger partial charge on any atom is 0.433 e. The Morgan fingerprint density at radius 3 is 2.73 bits per heavy atom. The summed E-state index contributed by atoms with van der Waals surface area (Å²) in [6.45, 7) is 2.63. The van der Waals surface area contributed by atoms with Gasteiger partial charge in [0.25, 0.3) is 5.91 Å². The molecule has 0 unspecified atom stereocenters. The standard InChI is InChI=1S/C20H20F3N5OS/c1-12-14(10-24-27(12)2)19(29)28-7-3-5-13(11-28)18-25-15(16-6-4-8-30-16)9-17(26-18)20(21,22)23/h4,6,8-10,13H,3,5,7,11H2,1-2H3/t13-/m0/s1. The molecule has 3 aromatic heterocycles. The number of carbonyl (C=O) groups is 1. The number of piperidine rings is 1. The smallest absolute Gasteiger partial charge is 0.338 e. The Morgan fingerprint density at radius 2 is 2.10 bits per heavy atom. The van der Waals surface area contributed by atoms with Crippen LogP contribution in [0.15, 0.2) is 29.8 Å². The van der Waals surface area contributed by atoms with Crippen LogP contribution in [0.5, 0.6) is 0 Å². The van der Waals surface area contributed by atoms with E-state index in [0.29, 0.717) is 29.8 Å². The van der Waals surface area contributed by atoms with Crippen LogP contribution in [0.1, 0.15) is 46.3 Å². The molecule has 0 bridgehead atoms. The second-order valence-corrected chi connectivity index (χ2v) is 8.28. The Kier molecular flexibility index (Phi) is 5.35. The number of hydrogen-bond donors (Lipinski definition) is 0. The molecule has 30 heavy (non-hydrogen) atoms. The molecule has 0 aromatic carbocycles. The van der Waals surface area contributed by atoms with E-state index < -0.39 is 11.9 Å². The third-order valence-electron chi connectivity index (χ3n) is 5.35. The van der Waals surface area contributed by atoms with Gasteiger partial charge >= 0.3 is 6.18 Å². The predicted molar refractivity (Wildman–Crippen MR) is 106 cm³/mol. The highest BCUT2D eigenvalue weighted by Gasteiger charge is 2.36. The summed E-state index contributed by atoms with van der Waals surface area (Å²) in [7, 11) is 1.76. The van der Waals surface area contributed by atoms with Gasteiger partial charge in [-0.05, 0) is 37.3 Å². The van der Waals surface area contributed by atoms with E-state index in [1.165, 1.54) is 17.5 Å². The summed E-state index contributed by atoms with van der Waals surface area (Å²) in [4.78, 5) is 23.5. The Balaban J connectivity index is 1.65. The monoisotopic (exact) mass is 435 g/mol. The zero-order chi connectivity index (χ0) is 21.5. The zero-order valence-electron chi connectivity index (χ0n) is 16.5. The highest BCUT2D eigenvalue weighted by atomic mass is 32.1. The van der Waals surface area contributed by atoms with Gasteiger partial charge in [-0.3, -0.25) is 9.48 Å². The number of aryl methyl sites for hydroxylation is 1. The number of hydrogen-bond acceptors (Lipinski definition) is 5. The van der Waals surface area contributed by atoms with Crippen LogP contribution < -0.4 is 0 Å². The van der Waals surface area contributed by atoms with Crippen molar-refractivity contribution < 1.29 is 18.0 Å². The summed E-state index contributed by atoms with van der Waals surface area (Å²) in [5.74, 6) is -0.398. The number of likely N-dealkylation sites (tertiary alicyclic amines) is 1. The number of thiophene rings is 1. The molecule has 0 N–H and O–H groups in total. The van der Waals surface area contributed by atoms with Crippen molar-refractivity contribution in [3.05, 3.63) is 52.6 Å². The molecular weight excluding hydrogens is 415 g/mol. The lowest BCUT2D eigenvalue weighted by Gasteiger charge is -2.32. The molecule has 1 aliphatic heterocycles. The summed E-state index contributed by atoms with van der Waals surface area (Å²) in [6, 6.07) is 4.49. The SMILES string of the molecule is Cc1c(C(=O)N2CCC[C@H](c3nc(-c4cccs4)cc(C(F)(F)F)n3)C2)cnn1C. The van der Waals surface area contributed by atoms with Crippen LogP contribution in [0, 0.1) is 6.92 Å². The summed E-state index contributed by atoms with van der Waals surface area (Å²) in [5, 5.41) is 5.90. The second kappa shape index (κ2) is 7.82. The first-order valence-corrected chi connectivity index (χ1v) is 10.4. The van der Waals surface area contributed by atoms with E-state index in [4.69, 9.17) is 0 Å². The second-order valence-electron chi connectivity index (χ2n) is 7.33. The molecule has 1 saturated heterocycles. The molecule has 4 heterocycles. The van der Waals surface area contributed by atoms with E-state index >= 15 is 0 Å². The molecule has 6 nitrogen and oxygen atoms in total. The van der Waals surface area contributed by atoms with Crippen LogP contribution in [0.4, 0.5) is 13.2 Å². The molecule has 0 spiro atoms. The van der Waals surface area contributed by atoms with Crippen molar-refractivity contribution >= 4 is 17.2 Å². The average molecular weight is 435 g/mol. The molecule has 0 aliphatic carbocycles. The van der Waals surface area contributed by atoms with Crippen LogP contribution in [-0.2, 0) is 13.2 Å². The molecular formula is C20H20F3N5OS. The summed E-state index contributed by atoms with van der Waals surface area (Å²) < 4.78 is 42.0. The third-order valence-corrected chi connectivity index (χ3v) is 6.24. The largest absolute Gasteiger partial charge is 0.433 e. The van der Waals surface area contributed by atoms with Gasteiger partial charge < -0.3 is 4.90 Å². The molecule has 1 fully saturated rings. The minimum atomic E-state index is -4.57. The Labute approximate surface area is 175 Å². The minimum Gasteiger partial charge on any atom is -0.338 e. The number of aromatic nitrogens is 4. The average Bonchev–Trinajstić information content (AvgIpc) is 3.38. The maximum atomic E-state index is 13.5. The van der Waals surface area contributed by atoms with Crippen molar-refractivity contribution in [3.63, 3.8) is 0 Å². The summed E-state index contributed by atoms with van der Waals surface area (Å²) in [6.07, 6.45) is -1.75. The molecule has 1 aliphatic rings. The normalized spacial score (nSPS) is 17.4. The van der Waals surface area contributed by atoms with Crippen molar-refractivity contribution in [1.29, 1.82) is 0 Å². The number of carbonyl (C=O) groups excluding carboxylic acids is 1. The van der Waals surface area contributed by atoms with E-state index in [2.05, 4.69) is 15.1 Å². The fourth-order valence-electron chi connectivity index (χ4n) is 3.60. The Bertz CT molecular complexity index is 1060. The number of amides is 1. The lowest BCUT2D eigenvalue weighted by atomic mass is 9.96. The molecule has 10 heteroatoms. The van der Waals surface area contributed by atoms with Crippen LogP contribution in [0.3, 0.4) is 0 Å². The Hall–Kier alpha value is -2.75. The van der Waals surface area contributed by atoms with Gasteiger partial charge in [0.2, 0.25) is 0 Å². The van der Waals surface area contributed by atoms with E-state index in [-0.39, 0.29) is 29.9 Å². The first-order valence-electron chi connectivity index (χ1n) is 9.52. The predicted octanol–water partition coefficient (Wildman–Crippen LogP) is 4.29. The van der Waals surface area contributed by atoms with Crippen LogP contribution in [-0.4, -0.2) is 43.6 Å². The first-order chi connectivity index (χ1) is 14.2. The van der Waals surface area contributed by atoms with Gasteiger partial charge in [0, 0.05) is 31.7 Å². The van der Waals surface area contributed by atoms with Gasteiger partial charge in [-0.25, -0.2) is 9.97 Å². The highest BCUT2D eigenvalue weighted by Crippen LogP contribution is 2.34. The van der Waals surface area contributed by atoms with Crippen LogP contribution in [0.2, 0.25) is 0 Å². The lowest BCUT2D eigenvalue weighted by molar-refractivity contribution is -0.141. The van der Waals surface area contributed by atoms with E-state index in [9.17, 15) is 18.0 Å². The number of rotatable bonds is 3. The third kappa shape index (κ3) is 3.96. The van der Waals surface area contributed by atoms with Crippen LogP contribution >= 0.6 is 11.3 Å². The van der Waals surface area contributed by atoms with E-state index in [1.807, 2.05) is 6.92 Å². The van der Waals surface area contributed by atoms with Crippen LogP contribution in [0.25, 0.3) is 10.6 Å². The maximum absolute atomic E-state index is 13.5. The summed E-state index contributed by atoms with van der Waals surface area (Å²) >= 11 is 1.33. The van der Waals surface area contributed by atoms with Crippen molar-refractivity contribution in [1.82, 2.24) is 24.6 Å². The lowest BCUT2D eigenvalue weighted by Crippen LogP contribution is -2.39. The van der Waals surface area contributed by atoms with Crippen molar-refractivity contribution in [2.45, 2.75) is 31.9 Å². The number of nitrogens with zero attached hydrogens (tertiary/aromatic N) is 5. The van der Waals surface area contributed by atoms with E-state index in [0.717, 1.165) is 11.8 Å². The summed E-state index contributed by atoms with van der Waals surface area (Å²) in [5.41, 5.74) is 0.552. The van der Waals surface area contributed by atoms with Gasteiger partial charge in [-0.2, -0.15) is 18.3 Å². The number of alkyl halides is 3. The van der Waals surface area contributed by atoms with Gasteiger partial charge in [0.05, 0.1) is 22.3 Å². The molecule has 3 aromatic rings. The Morgan fingerprint density at radius 1 is 1.30 bits per heavy atom. The van der Waals surface area contributed by atoms with Gasteiger partial charge in [0.15, 0.2) is 0 Å². The molecule has 0 saturated carbocycles. The van der Waals surface area contributed by atoms with Gasteiger partial charge in [0.1, 0.15) is 11.5 Å². The van der Waals surface area contributed by atoms with E-state index in [1.54, 1.807) is 34.1 Å². The zero-order valence-corrected chi connectivity index (χ0v) is 17.3. The molecule has 1 amide bonds. The quantitative estimate of drug-likeness (QED) is 0.616. The molecule has 158 valence electrons. The first kappa shape index (κ1) is 20.5. The van der Waals surface area contributed by atoms with Crippen molar-refractivity contribution in [3.8, 4) is 10.6 Å².